The number of aromatic nitrogens is 1. The summed E-state index contributed by atoms with van der Waals surface area (Å²) in [5.74, 6) is 0. The van der Waals surface area contributed by atoms with Gasteiger partial charge in [-0.2, -0.15) is 0 Å². The van der Waals surface area contributed by atoms with Crippen molar-refractivity contribution in [3.05, 3.63) is 16.6 Å². The van der Waals surface area contributed by atoms with E-state index < -0.39 is 5.60 Å². The maximum atomic E-state index is 12.1. The molecule has 1 amide bonds. The van der Waals surface area contributed by atoms with Crippen molar-refractivity contribution in [3.63, 3.8) is 0 Å². The zero-order valence-corrected chi connectivity index (χ0v) is 14.0. The SMILES string of the molecule is C[C@H](O[C@@H]1CCCN(C(=O)OC(C)(C)C)C1)c1nccs1. The summed E-state index contributed by atoms with van der Waals surface area (Å²) in [4.78, 5) is 18.1. The number of thiazole rings is 1. The van der Waals surface area contributed by atoms with Crippen LogP contribution in [-0.4, -0.2) is 40.8 Å². The van der Waals surface area contributed by atoms with E-state index >= 15 is 0 Å². The molecule has 0 unspecified atom stereocenters. The second kappa shape index (κ2) is 6.75. The van der Waals surface area contributed by atoms with Crippen LogP contribution < -0.4 is 0 Å². The van der Waals surface area contributed by atoms with Gasteiger partial charge in [-0.25, -0.2) is 9.78 Å². The number of likely N-dealkylation sites (tertiary alicyclic amines) is 1. The number of hydrogen-bond acceptors (Lipinski definition) is 5. The lowest BCUT2D eigenvalue weighted by Gasteiger charge is -2.34. The summed E-state index contributed by atoms with van der Waals surface area (Å²) >= 11 is 1.59. The first kappa shape index (κ1) is 16.2. The van der Waals surface area contributed by atoms with Crippen LogP contribution in [0.5, 0.6) is 0 Å². The van der Waals surface area contributed by atoms with Gasteiger partial charge in [0.25, 0.3) is 0 Å². The molecule has 0 spiro atoms. The van der Waals surface area contributed by atoms with E-state index in [4.69, 9.17) is 9.47 Å². The average molecular weight is 312 g/mol. The van der Waals surface area contributed by atoms with E-state index in [0.29, 0.717) is 6.54 Å². The molecule has 1 aromatic heterocycles. The Kier molecular flexibility index (Phi) is 5.22. The van der Waals surface area contributed by atoms with Crippen molar-refractivity contribution in [2.75, 3.05) is 13.1 Å². The molecule has 118 valence electrons. The second-order valence-electron chi connectivity index (χ2n) is 6.34. The van der Waals surface area contributed by atoms with Crippen molar-refractivity contribution in [1.29, 1.82) is 0 Å². The first-order valence-corrected chi connectivity index (χ1v) is 8.26. The highest BCUT2D eigenvalue weighted by Crippen LogP contribution is 2.25. The molecule has 0 radical (unpaired) electrons. The number of rotatable bonds is 3. The minimum Gasteiger partial charge on any atom is -0.444 e. The fourth-order valence-corrected chi connectivity index (χ4v) is 2.95. The molecule has 2 rings (SSSR count). The molecule has 1 aliphatic rings. The fourth-order valence-electron chi connectivity index (χ4n) is 2.32. The van der Waals surface area contributed by atoms with Gasteiger partial charge in [-0.3, -0.25) is 0 Å². The van der Waals surface area contributed by atoms with Gasteiger partial charge >= 0.3 is 6.09 Å². The van der Waals surface area contributed by atoms with Gasteiger partial charge in [0.15, 0.2) is 0 Å². The van der Waals surface area contributed by atoms with Crippen molar-refractivity contribution >= 4 is 17.4 Å². The molecule has 2 atom stereocenters. The third-order valence-electron chi connectivity index (χ3n) is 3.23. The van der Waals surface area contributed by atoms with E-state index in [-0.39, 0.29) is 18.3 Å². The van der Waals surface area contributed by atoms with Gasteiger partial charge in [0, 0.05) is 18.1 Å². The van der Waals surface area contributed by atoms with Gasteiger partial charge in [0.05, 0.1) is 12.6 Å². The smallest absolute Gasteiger partial charge is 0.410 e. The Bertz CT molecular complexity index is 456. The van der Waals surface area contributed by atoms with Crippen LogP contribution in [0, 0.1) is 0 Å². The number of nitrogens with zero attached hydrogens (tertiary/aromatic N) is 2. The number of amides is 1. The second-order valence-corrected chi connectivity index (χ2v) is 7.27. The van der Waals surface area contributed by atoms with Gasteiger partial charge in [0.1, 0.15) is 16.7 Å². The number of carbonyl (C=O) groups is 1. The Hall–Kier alpha value is -1.14. The van der Waals surface area contributed by atoms with Crippen molar-refractivity contribution in [1.82, 2.24) is 9.88 Å². The quantitative estimate of drug-likeness (QED) is 0.855. The van der Waals surface area contributed by atoms with Gasteiger partial charge in [0.2, 0.25) is 0 Å². The molecule has 2 heterocycles. The lowest BCUT2D eigenvalue weighted by molar-refractivity contribution is -0.0485. The lowest BCUT2D eigenvalue weighted by atomic mass is 10.1. The minimum absolute atomic E-state index is 0.0337. The number of ether oxygens (including phenoxy) is 2. The lowest BCUT2D eigenvalue weighted by Crippen LogP contribution is -2.45. The Morgan fingerprint density at radius 1 is 1.52 bits per heavy atom. The summed E-state index contributed by atoms with van der Waals surface area (Å²) in [5, 5.41) is 2.92. The topological polar surface area (TPSA) is 51.7 Å². The van der Waals surface area contributed by atoms with E-state index in [1.54, 1.807) is 22.4 Å². The van der Waals surface area contributed by atoms with Crippen LogP contribution in [0.1, 0.15) is 51.6 Å². The summed E-state index contributed by atoms with van der Waals surface area (Å²) in [6, 6.07) is 0. The molecule has 0 N–H and O–H groups in total. The predicted octanol–water partition coefficient (Wildman–Crippen LogP) is 3.62. The zero-order valence-electron chi connectivity index (χ0n) is 13.2. The van der Waals surface area contributed by atoms with Crippen molar-refractivity contribution in [3.8, 4) is 0 Å². The summed E-state index contributed by atoms with van der Waals surface area (Å²) in [7, 11) is 0. The molecule has 21 heavy (non-hydrogen) atoms. The van der Waals surface area contributed by atoms with E-state index in [0.717, 1.165) is 24.4 Å². The van der Waals surface area contributed by atoms with Gasteiger partial charge in [-0.15, -0.1) is 11.3 Å². The number of piperidine rings is 1. The van der Waals surface area contributed by atoms with Gasteiger partial charge < -0.3 is 14.4 Å². The maximum absolute atomic E-state index is 12.1. The van der Waals surface area contributed by atoms with Crippen molar-refractivity contribution in [2.45, 2.75) is 58.3 Å². The molecule has 0 aromatic carbocycles. The summed E-state index contributed by atoms with van der Waals surface area (Å²) < 4.78 is 11.5. The Morgan fingerprint density at radius 2 is 2.29 bits per heavy atom. The molecule has 1 saturated heterocycles. The van der Waals surface area contributed by atoms with Crippen LogP contribution in [-0.2, 0) is 9.47 Å². The van der Waals surface area contributed by atoms with E-state index in [2.05, 4.69) is 4.98 Å². The highest BCUT2D eigenvalue weighted by molar-refractivity contribution is 7.09. The standard InChI is InChI=1S/C15H24N2O3S/c1-11(13-16-7-9-21-13)19-12-6-5-8-17(10-12)14(18)20-15(2,3)4/h7,9,11-12H,5-6,8,10H2,1-4H3/t11-,12+/m0/s1. The van der Waals surface area contributed by atoms with E-state index in [1.807, 2.05) is 33.1 Å². The van der Waals surface area contributed by atoms with Crippen LogP contribution in [0.25, 0.3) is 0 Å². The Morgan fingerprint density at radius 3 is 2.90 bits per heavy atom. The highest BCUT2D eigenvalue weighted by Gasteiger charge is 2.29. The normalized spacial score (nSPS) is 21.1. The average Bonchev–Trinajstić information content (AvgIpc) is 2.91. The fraction of sp³-hybridized carbons (Fsp3) is 0.733. The first-order chi connectivity index (χ1) is 9.85. The molecule has 6 heteroatoms. The monoisotopic (exact) mass is 312 g/mol. The Labute approximate surface area is 130 Å². The van der Waals surface area contributed by atoms with E-state index in [1.165, 1.54) is 0 Å². The highest BCUT2D eigenvalue weighted by atomic mass is 32.1. The van der Waals surface area contributed by atoms with Crippen LogP contribution in [0.15, 0.2) is 11.6 Å². The molecule has 1 fully saturated rings. The number of carbonyl (C=O) groups excluding carboxylic acids is 1. The molecule has 0 saturated carbocycles. The van der Waals surface area contributed by atoms with Crippen molar-refractivity contribution < 1.29 is 14.3 Å². The summed E-state index contributed by atoms with van der Waals surface area (Å²) in [5.41, 5.74) is -0.459. The zero-order chi connectivity index (χ0) is 15.5. The summed E-state index contributed by atoms with van der Waals surface area (Å²) in [6.07, 6.45) is 3.45. The molecule has 5 nitrogen and oxygen atoms in total. The molecule has 0 aliphatic carbocycles. The third kappa shape index (κ3) is 4.97. The van der Waals surface area contributed by atoms with Crippen LogP contribution in [0.3, 0.4) is 0 Å². The minimum atomic E-state index is -0.459. The maximum Gasteiger partial charge on any atom is 0.410 e. The number of hydrogen-bond donors (Lipinski definition) is 0. The summed E-state index contributed by atoms with van der Waals surface area (Å²) in [6.45, 7) is 8.98. The molecule has 1 aliphatic heterocycles. The van der Waals surface area contributed by atoms with Crippen LogP contribution in [0.2, 0.25) is 0 Å². The first-order valence-electron chi connectivity index (χ1n) is 7.38. The van der Waals surface area contributed by atoms with Crippen LogP contribution in [0.4, 0.5) is 4.79 Å². The van der Waals surface area contributed by atoms with E-state index in [9.17, 15) is 4.79 Å². The predicted molar refractivity (Wildman–Crippen MR) is 82.4 cm³/mol. The molecular weight excluding hydrogens is 288 g/mol. The van der Waals surface area contributed by atoms with Gasteiger partial charge in [-0.05, 0) is 40.5 Å². The molecule has 1 aromatic rings. The third-order valence-corrected chi connectivity index (χ3v) is 4.16. The molecule has 0 bridgehead atoms. The van der Waals surface area contributed by atoms with Crippen LogP contribution >= 0.6 is 11.3 Å². The van der Waals surface area contributed by atoms with Crippen molar-refractivity contribution in [2.24, 2.45) is 0 Å². The van der Waals surface area contributed by atoms with Gasteiger partial charge in [-0.1, -0.05) is 0 Å². The largest absolute Gasteiger partial charge is 0.444 e. The Balaban J connectivity index is 1.87. The molecular formula is C15H24N2O3S.